The zero-order chi connectivity index (χ0) is 21.6. The van der Waals surface area contributed by atoms with Gasteiger partial charge in [0.1, 0.15) is 11.5 Å². The highest BCUT2D eigenvalue weighted by atomic mass is 16.5. The van der Waals surface area contributed by atoms with Crippen LogP contribution in [-0.2, 0) is 6.42 Å². The van der Waals surface area contributed by atoms with Gasteiger partial charge in [-0.1, -0.05) is 23.9 Å². The van der Waals surface area contributed by atoms with E-state index in [9.17, 15) is 0 Å². The fourth-order valence-electron chi connectivity index (χ4n) is 3.93. The first-order valence-electron chi connectivity index (χ1n) is 10.9. The maximum Gasteiger partial charge on any atom is 0.167 e. The van der Waals surface area contributed by atoms with Crippen molar-refractivity contribution in [3.8, 4) is 23.2 Å². The summed E-state index contributed by atoms with van der Waals surface area (Å²) in [5, 5.41) is 16.4. The average molecular weight is 420 g/mol. The molecule has 1 saturated carbocycles. The molecule has 1 aliphatic rings. The van der Waals surface area contributed by atoms with Gasteiger partial charge in [-0.25, -0.2) is 4.98 Å². The molecule has 162 valence electrons. The Morgan fingerprint density at radius 3 is 2.84 bits per heavy atom. The third-order valence-corrected chi connectivity index (χ3v) is 5.77. The Bertz CT molecular complexity index is 1040. The van der Waals surface area contributed by atoms with Gasteiger partial charge in [0.2, 0.25) is 0 Å². The monoisotopic (exact) mass is 419 g/mol. The maximum atomic E-state index is 8.85. The molecule has 7 nitrogen and oxygen atoms in total. The fraction of sp³-hybridized carbons (Fsp3) is 0.417. The van der Waals surface area contributed by atoms with Crippen molar-refractivity contribution in [1.29, 1.82) is 0 Å². The van der Waals surface area contributed by atoms with E-state index in [2.05, 4.69) is 38.8 Å². The summed E-state index contributed by atoms with van der Waals surface area (Å²) in [6.45, 7) is 3.33. The second-order valence-corrected chi connectivity index (χ2v) is 7.86. The van der Waals surface area contributed by atoms with Gasteiger partial charge in [-0.05, 0) is 37.1 Å². The Hall–Kier alpha value is -2.92. The minimum Gasteiger partial charge on any atom is -0.395 e. The van der Waals surface area contributed by atoms with Gasteiger partial charge in [-0.2, -0.15) is 0 Å². The summed E-state index contributed by atoms with van der Waals surface area (Å²) in [7, 11) is 0. The molecule has 0 spiro atoms. The molecular formula is C24H29N5O2. The molecule has 31 heavy (non-hydrogen) atoms. The van der Waals surface area contributed by atoms with E-state index in [-0.39, 0.29) is 12.6 Å². The molecule has 1 aromatic carbocycles. The van der Waals surface area contributed by atoms with Gasteiger partial charge in [-0.3, -0.25) is 0 Å². The third-order valence-electron chi connectivity index (χ3n) is 5.77. The Labute approximate surface area is 182 Å². The number of aromatic nitrogens is 3. The van der Waals surface area contributed by atoms with Crippen LogP contribution >= 0.6 is 0 Å². The van der Waals surface area contributed by atoms with Gasteiger partial charge < -0.3 is 25.2 Å². The number of benzene rings is 1. The normalized spacial score (nSPS) is 18.8. The number of imidazole rings is 1. The first-order valence-corrected chi connectivity index (χ1v) is 10.9. The minimum absolute atomic E-state index is 0.0988. The highest BCUT2D eigenvalue weighted by Gasteiger charge is 2.26. The summed E-state index contributed by atoms with van der Waals surface area (Å²) in [6, 6.07) is 10.4. The van der Waals surface area contributed by atoms with Crippen molar-refractivity contribution in [3.05, 3.63) is 59.8 Å². The number of aryl methyl sites for hydroxylation is 1. The second-order valence-electron chi connectivity index (χ2n) is 7.86. The number of hydrogen-bond acceptors (Lipinski definition) is 6. The highest BCUT2D eigenvalue weighted by molar-refractivity contribution is 5.59. The molecule has 7 heteroatoms. The van der Waals surface area contributed by atoms with Crippen LogP contribution < -0.4 is 11.1 Å². The maximum absolute atomic E-state index is 8.85. The minimum atomic E-state index is -0.0988. The van der Waals surface area contributed by atoms with Crippen LogP contribution in [0.5, 0.6) is 0 Å². The summed E-state index contributed by atoms with van der Waals surface area (Å²) in [4.78, 5) is 4.38. The van der Waals surface area contributed by atoms with Gasteiger partial charge in [0, 0.05) is 61.1 Å². The fourth-order valence-corrected chi connectivity index (χ4v) is 3.93. The van der Waals surface area contributed by atoms with E-state index in [1.54, 1.807) is 6.20 Å². The number of rotatable bonds is 8. The molecule has 4 rings (SSSR count). The van der Waals surface area contributed by atoms with Crippen molar-refractivity contribution >= 4 is 0 Å². The lowest BCUT2D eigenvalue weighted by atomic mass is 9.80. The molecule has 1 aliphatic carbocycles. The van der Waals surface area contributed by atoms with Crippen molar-refractivity contribution < 1.29 is 9.63 Å². The summed E-state index contributed by atoms with van der Waals surface area (Å²) in [6.07, 6.45) is 6.65. The van der Waals surface area contributed by atoms with E-state index in [1.165, 1.54) is 0 Å². The summed E-state index contributed by atoms with van der Waals surface area (Å²) >= 11 is 0. The predicted octanol–water partition coefficient (Wildman–Crippen LogP) is 2.36. The zero-order valence-corrected chi connectivity index (χ0v) is 17.8. The first-order chi connectivity index (χ1) is 15.2. The smallest absolute Gasteiger partial charge is 0.167 e. The van der Waals surface area contributed by atoms with Crippen LogP contribution in [0.25, 0.3) is 11.3 Å². The molecule has 0 saturated heterocycles. The Kier molecular flexibility index (Phi) is 6.82. The van der Waals surface area contributed by atoms with Gasteiger partial charge in [-0.15, -0.1) is 0 Å². The molecule has 0 amide bonds. The molecule has 1 fully saturated rings. The summed E-state index contributed by atoms with van der Waals surface area (Å²) in [5.74, 6) is 8.72. The molecule has 0 radical (unpaired) electrons. The Balaban J connectivity index is 1.40. The number of nitrogens with one attached hydrogen (secondary N) is 1. The highest BCUT2D eigenvalue weighted by Crippen LogP contribution is 2.27. The van der Waals surface area contributed by atoms with Crippen molar-refractivity contribution in [2.24, 2.45) is 11.7 Å². The summed E-state index contributed by atoms with van der Waals surface area (Å²) < 4.78 is 7.67. The quantitative estimate of drug-likeness (QED) is 0.485. The average Bonchev–Trinajstić information content (AvgIpc) is 3.44. The molecule has 2 heterocycles. The Morgan fingerprint density at radius 2 is 2.13 bits per heavy atom. The molecule has 1 unspecified atom stereocenters. The lowest BCUT2D eigenvalue weighted by Crippen LogP contribution is -2.41. The van der Waals surface area contributed by atoms with Crippen LogP contribution in [0.15, 0.2) is 47.2 Å². The van der Waals surface area contributed by atoms with E-state index in [0.717, 1.165) is 41.9 Å². The van der Waals surface area contributed by atoms with Crippen molar-refractivity contribution in [3.63, 3.8) is 0 Å². The molecule has 0 bridgehead atoms. The van der Waals surface area contributed by atoms with Crippen LogP contribution in [0.4, 0.5) is 0 Å². The first kappa shape index (κ1) is 21.3. The number of aliphatic hydroxyl groups is 1. The van der Waals surface area contributed by atoms with Crippen molar-refractivity contribution in [2.45, 2.75) is 38.3 Å². The SMILES string of the molecule is CCc1nccn1C(CN)c1cc(-c2ccc(C#C[C@H]3C[C@H](NCCO)C3)cc2)on1. The standard InChI is InChI=1S/C24H29N5O2/c1-2-24-27-9-11-29(24)22(16-25)21-15-23(31-28-21)19-7-5-17(6-8-19)3-4-18-13-20(14-18)26-10-12-30/h5-9,11,15,18,20,22,26,30H,2,10,12-14,16,25H2,1H3/t18-,20-,22?. The third kappa shape index (κ3) is 4.88. The van der Waals surface area contributed by atoms with E-state index in [0.29, 0.717) is 30.8 Å². The van der Waals surface area contributed by atoms with Crippen LogP contribution in [-0.4, -0.2) is 45.6 Å². The lowest BCUT2D eigenvalue weighted by Gasteiger charge is -2.32. The largest absolute Gasteiger partial charge is 0.395 e. The summed E-state index contributed by atoms with van der Waals surface area (Å²) in [5.41, 5.74) is 8.77. The van der Waals surface area contributed by atoms with E-state index in [4.69, 9.17) is 15.4 Å². The van der Waals surface area contributed by atoms with Crippen LogP contribution in [0.2, 0.25) is 0 Å². The van der Waals surface area contributed by atoms with E-state index >= 15 is 0 Å². The molecule has 3 aromatic rings. The van der Waals surface area contributed by atoms with Crippen molar-refractivity contribution in [2.75, 3.05) is 19.7 Å². The number of nitrogens with two attached hydrogens (primary N) is 1. The van der Waals surface area contributed by atoms with Gasteiger partial charge >= 0.3 is 0 Å². The van der Waals surface area contributed by atoms with Crippen LogP contribution in [0.3, 0.4) is 0 Å². The molecule has 4 N–H and O–H groups in total. The molecule has 2 aromatic heterocycles. The molecular weight excluding hydrogens is 390 g/mol. The zero-order valence-electron chi connectivity index (χ0n) is 17.8. The Morgan fingerprint density at radius 1 is 1.32 bits per heavy atom. The van der Waals surface area contributed by atoms with Crippen LogP contribution in [0, 0.1) is 17.8 Å². The van der Waals surface area contributed by atoms with Gasteiger partial charge in [0.25, 0.3) is 0 Å². The second kappa shape index (κ2) is 9.92. The van der Waals surface area contributed by atoms with Gasteiger partial charge in [0.15, 0.2) is 5.76 Å². The van der Waals surface area contributed by atoms with Gasteiger partial charge in [0.05, 0.1) is 12.6 Å². The van der Waals surface area contributed by atoms with E-state index < -0.39 is 0 Å². The number of nitrogens with zero attached hydrogens (tertiary/aromatic N) is 3. The van der Waals surface area contributed by atoms with E-state index in [1.807, 2.05) is 36.5 Å². The lowest BCUT2D eigenvalue weighted by molar-refractivity contribution is 0.237. The molecule has 0 aliphatic heterocycles. The number of aliphatic hydroxyl groups excluding tert-OH is 1. The topological polar surface area (TPSA) is 102 Å². The van der Waals surface area contributed by atoms with Crippen LogP contribution in [0.1, 0.15) is 42.9 Å². The van der Waals surface area contributed by atoms with Crippen molar-refractivity contribution in [1.82, 2.24) is 20.0 Å². The number of hydrogen-bond donors (Lipinski definition) is 3. The predicted molar refractivity (Wildman–Crippen MR) is 119 cm³/mol. The molecule has 1 atom stereocenters.